The molecule has 0 aromatic heterocycles. The smallest absolute Gasteiger partial charge is 0.253 e. The maximum absolute atomic E-state index is 12.5. The number of nitrogens with one attached hydrogen (secondary N) is 1. The highest BCUT2D eigenvalue weighted by atomic mass is 32.2. The molecule has 2 rings (SSSR count). The summed E-state index contributed by atoms with van der Waals surface area (Å²) in [6.45, 7) is 2.98. The lowest BCUT2D eigenvalue weighted by molar-refractivity contribution is 0.0698. The summed E-state index contributed by atoms with van der Waals surface area (Å²) in [7, 11) is -1.94. The van der Waals surface area contributed by atoms with Gasteiger partial charge in [-0.3, -0.25) is 4.79 Å². The third-order valence-corrected chi connectivity index (χ3v) is 4.91. The van der Waals surface area contributed by atoms with Gasteiger partial charge < -0.3 is 10.2 Å². The zero-order chi connectivity index (χ0) is 15.6. The second-order valence-electron chi connectivity index (χ2n) is 5.40. The van der Waals surface area contributed by atoms with Crippen LogP contribution in [0.15, 0.2) is 23.1 Å². The van der Waals surface area contributed by atoms with E-state index in [1.807, 2.05) is 7.05 Å². The van der Waals surface area contributed by atoms with Crippen LogP contribution in [0.25, 0.3) is 0 Å². The summed E-state index contributed by atoms with van der Waals surface area (Å²) in [4.78, 5) is 14.3. The maximum Gasteiger partial charge on any atom is 0.253 e. The van der Waals surface area contributed by atoms with Crippen LogP contribution in [0.1, 0.15) is 28.8 Å². The van der Waals surface area contributed by atoms with Gasteiger partial charge in [-0.25, -0.2) is 13.6 Å². The lowest BCUT2D eigenvalue weighted by Gasteiger charge is -2.32. The predicted molar refractivity (Wildman–Crippen MR) is 80.5 cm³/mol. The number of sulfonamides is 1. The Balaban J connectivity index is 2.28. The fourth-order valence-electron chi connectivity index (χ4n) is 2.62. The van der Waals surface area contributed by atoms with E-state index >= 15 is 0 Å². The summed E-state index contributed by atoms with van der Waals surface area (Å²) in [6, 6.07) is 4.92. The standard InChI is InChI=1S/C14H21N3O3S/c1-10-5-6-11(8-13(10)21(15,19)20)14(18)17-7-3-4-12(9-17)16-2/h5-6,8,12,16H,3-4,7,9H2,1-2H3,(H2,15,19,20)/t12-/m1/s1. The number of rotatable bonds is 3. The Bertz CT molecular complexity index is 643. The average molecular weight is 311 g/mol. The van der Waals surface area contributed by atoms with Crippen molar-refractivity contribution in [3.05, 3.63) is 29.3 Å². The van der Waals surface area contributed by atoms with Crippen molar-refractivity contribution in [2.45, 2.75) is 30.7 Å². The largest absolute Gasteiger partial charge is 0.337 e. The molecule has 1 aliphatic rings. The van der Waals surface area contributed by atoms with E-state index in [0.29, 0.717) is 24.2 Å². The van der Waals surface area contributed by atoms with Crippen molar-refractivity contribution in [3.8, 4) is 0 Å². The van der Waals surface area contributed by atoms with Gasteiger partial charge in [0.1, 0.15) is 0 Å². The Hall–Kier alpha value is -1.44. The van der Waals surface area contributed by atoms with E-state index in [1.165, 1.54) is 6.07 Å². The van der Waals surface area contributed by atoms with Crippen LogP contribution in [0.4, 0.5) is 0 Å². The monoisotopic (exact) mass is 311 g/mol. The molecule has 0 spiro atoms. The summed E-state index contributed by atoms with van der Waals surface area (Å²) in [5.74, 6) is -0.153. The molecule has 1 atom stereocenters. The molecule has 1 aromatic carbocycles. The van der Waals surface area contributed by atoms with Crippen molar-refractivity contribution in [3.63, 3.8) is 0 Å². The minimum Gasteiger partial charge on any atom is -0.337 e. The SMILES string of the molecule is CN[C@@H]1CCCN(C(=O)c2ccc(C)c(S(N)(=O)=O)c2)C1. The summed E-state index contributed by atoms with van der Waals surface area (Å²) in [5.41, 5.74) is 0.905. The molecule has 6 nitrogen and oxygen atoms in total. The molecule has 3 N–H and O–H groups in total. The van der Waals surface area contributed by atoms with Crippen LogP contribution in [0, 0.1) is 6.92 Å². The van der Waals surface area contributed by atoms with Crippen LogP contribution in [0.3, 0.4) is 0 Å². The van der Waals surface area contributed by atoms with Crippen LogP contribution >= 0.6 is 0 Å². The summed E-state index contributed by atoms with van der Waals surface area (Å²) < 4.78 is 23.1. The topological polar surface area (TPSA) is 92.5 Å². The van der Waals surface area contributed by atoms with Crippen molar-refractivity contribution in [1.29, 1.82) is 0 Å². The molecule has 21 heavy (non-hydrogen) atoms. The van der Waals surface area contributed by atoms with Gasteiger partial charge in [-0.2, -0.15) is 0 Å². The van der Waals surface area contributed by atoms with Gasteiger partial charge in [-0.05, 0) is 44.5 Å². The van der Waals surface area contributed by atoms with Gasteiger partial charge in [0.2, 0.25) is 10.0 Å². The third kappa shape index (κ3) is 3.61. The molecule has 1 fully saturated rings. The number of likely N-dealkylation sites (tertiary alicyclic amines) is 1. The van der Waals surface area contributed by atoms with Crippen molar-refractivity contribution in [2.75, 3.05) is 20.1 Å². The van der Waals surface area contributed by atoms with Gasteiger partial charge >= 0.3 is 0 Å². The summed E-state index contributed by atoms with van der Waals surface area (Å²) in [5, 5.41) is 8.36. The second kappa shape index (κ2) is 6.13. The first-order valence-electron chi connectivity index (χ1n) is 6.93. The molecular formula is C14H21N3O3S. The number of carbonyl (C=O) groups excluding carboxylic acids is 1. The van der Waals surface area contributed by atoms with Gasteiger partial charge in [0, 0.05) is 24.7 Å². The number of nitrogens with zero attached hydrogens (tertiary/aromatic N) is 1. The lowest BCUT2D eigenvalue weighted by Crippen LogP contribution is -2.47. The fourth-order valence-corrected chi connectivity index (χ4v) is 3.43. The minimum absolute atomic E-state index is 0.00975. The zero-order valence-electron chi connectivity index (χ0n) is 12.3. The Morgan fingerprint density at radius 3 is 2.76 bits per heavy atom. The Labute approximate surface area is 125 Å². The van der Waals surface area contributed by atoms with E-state index in [0.717, 1.165) is 12.8 Å². The van der Waals surface area contributed by atoms with Crippen LogP contribution in [-0.2, 0) is 10.0 Å². The quantitative estimate of drug-likeness (QED) is 0.848. The van der Waals surface area contributed by atoms with Gasteiger partial charge in [-0.1, -0.05) is 6.07 Å². The van der Waals surface area contributed by atoms with E-state index in [9.17, 15) is 13.2 Å². The zero-order valence-corrected chi connectivity index (χ0v) is 13.1. The van der Waals surface area contributed by atoms with Crippen molar-refractivity contribution in [1.82, 2.24) is 10.2 Å². The van der Waals surface area contributed by atoms with E-state index < -0.39 is 10.0 Å². The predicted octanol–water partition coefficient (Wildman–Crippen LogP) is 0.466. The molecule has 0 saturated carbocycles. The Kier molecular flexibility index (Phi) is 4.65. The molecule has 0 radical (unpaired) electrons. The van der Waals surface area contributed by atoms with Crippen LogP contribution in [-0.4, -0.2) is 45.4 Å². The summed E-state index contributed by atoms with van der Waals surface area (Å²) in [6.07, 6.45) is 1.97. The number of hydrogen-bond acceptors (Lipinski definition) is 4. The van der Waals surface area contributed by atoms with Crippen molar-refractivity contribution < 1.29 is 13.2 Å². The normalized spacial score (nSPS) is 19.6. The van der Waals surface area contributed by atoms with Crippen LogP contribution in [0.5, 0.6) is 0 Å². The van der Waals surface area contributed by atoms with E-state index in [4.69, 9.17) is 5.14 Å². The second-order valence-corrected chi connectivity index (χ2v) is 6.93. The Morgan fingerprint density at radius 1 is 1.43 bits per heavy atom. The number of piperidine rings is 1. The van der Waals surface area contributed by atoms with E-state index in [2.05, 4.69) is 5.32 Å². The third-order valence-electron chi connectivity index (χ3n) is 3.86. The molecule has 0 unspecified atom stereocenters. The van der Waals surface area contributed by atoms with E-state index in [-0.39, 0.29) is 16.8 Å². The van der Waals surface area contributed by atoms with Crippen molar-refractivity contribution in [2.24, 2.45) is 5.14 Å². The molecule has 116 valence electrons. The van der Waals surface area contributed by atoms with Crippen molar-refractivity contribution >= 4 is 15.9 Å². The van der Waals surface area contributed by atoms with E-state index in [1.54, 1.807) is 24.0 Å². The van der Waals surface area contributed by atoms with Gasteiger partial charge in [-0.15, -0.1) is 0 Å². The lowest BCUT2D eigenvalue weighted by atomic mass is 10.0. The molecule has 1 aromatic rings. The first-order chi connectivity index (χ1) is 9.82. The average Bonchev–Trinajstić information content (AvgIpc) is 2.46. The minimum atomic E-state index is -3.82. The number of benzene rings is 1. The van der Waals surface area contributed by atoms with Gasteiger partial charge in [0.05, 0.1) is 4.90 Å². The maximum atomic E-state index is 12.5. The molecule has 1 aliphatic heterocycles. The molecular weight excluding hydrogens is 290 g/mol. The first kappa shape index (κ1) is 15.9. The molecule has 0 aliphatic carbocycles. The number of primary sulfonamides is 1. The number of carbonyl (C=O) groups is 1. The van der Waals surface area contributed by atoms with Crippen LogP contribution < -0.4 is 10.5 Å². The molecule has 0 bridgehead atoms. The molecule has 1 amide bonds. The first-order valence-corrected chi connectivity index (χ1v) is 8.47. The molecule has 1 saturated heterocycles. The summed E-state index contributed by atoms with van der Waals surface area (Å²) >= 11 is 0. The van der Waals surface area contributed by atoms with Gasteiger partial charge in [0.25, 0.3) is 5.91 Å². The number of likely N-dealkylation sites (N-methyl/N-ethyl adjacent to an activating group) is 1. The highest BCUT2D eigenvalue weighted by Crippen LogP contribution is 2.19. The van der Waals surface area contributed by atoms with Crippen LogP contribution in [0.2, 0.25) is 0 Å². The fraction of sp³-hybridized carbons (Fsp3) is 0.500. The molecule has 1 heterocycles. The Morgan fingerprint density at radius 2 is 2.14 bits per heavy atom. The number of hydrogen-bond donors (Lipinski definition) is 2. The van der Waals surface area contributed by atoms with Gasteiger partial charge in [0.15, 0.2) is 0 Å². The number of amides is 1. The number of nitrogens with two attached hydrogens (primary N) is 1. The number of aryl methyl sites for hydroxylation is 1. The highest BCUT2D eigenvalue weighted by Gasteiger charge is 2.24. The molecule has 7 heteroatoms. The highest BCUT2D eigenvalue weighted by molar-refractivity contribution is 7.89.